The van der Waals surface area contributed by atoms with E-state index in [9.17, 15) is 8.42 Å². The van der Waals surface area contributed by atoms with Gasteiger partial charge < -0.3 is 9.88 Å². The van der Waals surface area contributed by atoms with E-state index in [4.69, 9.17) is 0 Å². The minimum atomic E-state index is -3.36. The van der Waals surface area contributed by atoms with Crippen molar-refractivity contribution >= 4 is 27.1 Å². The van der Waals surface area contributed by atoms with E-state index in [1.165, 1.54) is 24.7 Å². The molecule has 0 aliphatic heterocycles. The Kier molecular flexibility index (Phi) is 3.79. The van der Waals surface area contributed by atoms with Crippen molar-refractivity contribution in [3.05, 3.63) is 18.6 Å². The zero-order valence-electron chi connectivity index (χ0n) is 12.8. The fourth-order valence-corrected chi connectivity index (χ4v) is 3.45. The van der Waals surface area contributed by atoms with Crippen LogP contribution in [-0.4, -0.2) is 60.9 Å². The van der Waals surface area contributed by atoms with Gasteiger partial charge in [0.05, 0.1) is 5.39 Å². The Bertz CT molecular complexity index is 766. The summed E-state index contributed by atoms with van der Waals surface area (Å²) in [4.78, 5) is 13.7. The van der Waals surface area contributed by atoms with Gasteiger partial charge in [-0.05, 0) is 18.9 Å². The lowest BCUT2D eigenvalue weighted by atomic mass is 9.86. The molecule has 1 aliphatic rings. The average molecular weight is 324 g/mol. The maximum Gasteiger partial charge on any atom is 0.279 e. The van der Waals surface area contributed by atoms with Crippen LogP contribution in [0.1, 0.15) is 12.8 Å². The van der Waals surface area contributed by atoms with Crippen LogP contribution >= 0.6 is 0 Å². The lowest BCUT2D eigenvalue weighted by Gasteiger charge is -2.42. The molecule has 0 saturated heterocycles. The summed E-state index contributed by atoms with van der Waals surface area (Å²) in [7, 11) is 1.66. The summed E-state index contributed by atoms with van der Waals surface area (Å²) in [6.07, 6.45) is 4.90. The summed E-state index contributed by atoms with van der Waals surface area (Å²) in [6.45, 7) is 0. The average Bonchev–Trinajstić information content (AvgIpc) is 2.89. The molecular formula is C13H20N6O2S. The zero-order chi connectivity index (χ0) is 15.9. The molecule has 9 heteroatoms. The van der Waals surface area contributed by atoms with Crippen molar-refractivity contribution in [3.8, 4) is 0 Å². The van der Waals surface area contributed by atoms with Gasteiger partial charge in [-0.1, -0.05) is 0 Å². The highest BCUT2D eigenvalue weighted by molar-refractivity contribution is 7.87. The number of hydrogen-bond donors (Lipinski definition) is 2. The van der Waals surface area contributed by atoms with Crippen LogP contribution in [0.15, 0.2) is 18.6 Å². The van der Waals surface area contributed by atoms with Gasteiger partial charge in [-0.25, -0.2) is 9.97 Å². The van der Waals surface area contributed by atoms with Gasteiger partial charge in [0.15, 0.2) is 0 Å². The van der Waals surface area contributed by atoms with Gasteiger partial charge in [0.2, 0.25) is 0 Å². The van der Waals surface area contributed by atoms with Gasteiger partial charge in [0, 0.05) is 39.4 Å². The Morgan fingerprint density at radius 3 is 2.68 bits per heavy atom. The molecule has 8 nitrogen and oxygen atoms in total. The Morgan fingerprint density at radius 2 is 2.00 bits per heavy atom. The number of fused-ring (bicyclic) bond motifs is 1. The number of aromatic amines is 1. The smallest absolute Gasteiger partial charge is 0.279 e. The van der Waals surface area contributed by atoms with Crippen molar-refractivity contribution in [3.63, 3.8) is 0 Å². The van der Waals surface area contributed by atoms with Crippen LogP contribution in [0.25, 0.3) is 11.0 Å². The predicted octanol–water partition coefficient (Wildman–Crippen LogP) is 0.321. The maximum absolute atomic E-state index is 11.8. The summed E-state index contributed by atoms with van der Waals surface area (Å²) in [5, 5.41) is 0.974. The summed E-state index contributed by atoms with van der Waals surface area (Å²) in [5.41, 5.74) is 0.807. The Labute approximate surface area is 129 Å². The van der Waals surface area contributed by atoms with E-state index < -0.39 is 10.2 Å². The second kappa shape index (κ2) is 5.49. The van der Waals surface area contributed by atoms with Crippen LogP contribution in [0.2, 0.25) is 0 Å². The first-order valence-corrected chi connectivity index (χ1v) is 8.53. The van der Waals surface area contributed by atoms with Gasteiger partial charge >= 0.3 is 0 Å². The Hall–Kier alpha value is -1.71. The van der Waals surface area contributed by atoms with Gasteiger partial charge in [0.1, 0.15) is 17.8 Å². The SMILES string of the molecule is CN(c1ncnc2[nH]ccc12)C1CC(NS(=O)(=O)N(C)C)C1. The minimum absolute atomic E-state index is 0.0246. The van der Waals surface area contributed by atoms with Crippen molar-refractivity contribution < 1.29 is 8.42 Å². The molecule has 2 aromatic rings. The third kappa shape index (κ3) is 2.67. The number of hydrogen-bond acceptors (Lipinski definition) is 5. The molecule has 120 valence electrons. The van der Waals surface area contributed by atoms with Crippen molar-refractivity contribution in [2.24, 2.45) is 0 Å². The molecule has 2 heterocycles. The second-order valence-electron chi connectivity index (χ2n) is 5.78. The molecule has 0 amide bonds. The molecule has 0 spiro atoms. The number of aromatic nitrogens is 3. The van der Waals surface area contributed by atoms with E-state index in [2.05, 4.69) is 24.6 Å². The standard InChI is InChI=1S/C13H20N6O2S/c1-18(2)22(20,21)17-9-6-10(7-9)19(3)13-11-4-5-14-12(11)15-8-16-13/h4-5,8-10,17H,6-7H2,1-3H3,(H,14,15,16). The van der Waals surface area contributed by atoms with Crippen LogP contribution in [0.4, 0.5) is 5.82 Å². The first-order valence-electron chi connectivity index (χ1n) is 7.09. The number of anilines is 1. The Morgan fingerprint density at radius 1 is 1.27 bits per heavy atom. The normalized spacial score (nSPS) is 22.0. The Balaban J connectivity index is 1.67. The van der Waals surface area contributed by atoms with Gasteiger partial charge in [-0.2, -0.15) is 17.4 Å². The first kappa shape index (κ1) is 15.2. The fraction of sp³-hybridized carbons (Fsp3) is 0.538. The summed E-state index contributed by atoms with van der Waals surface area (Å²) in [6, 6.07) is 2.19. The van der Waals surface area contributed by atoms with Crippen molar-refractivity contribution in [2.75, 3.05) is 26.0 Å². The molecule has 1 fully saturated rings. The molecule has 0 atom stereocenters. The molecule has 0 aromatic carbocycles. The highest BCUT2D eigenvalue weighted by atomic mass is 32.2. The second-order valence-corrected chi connectivity index (χ2v) is 7.69. The molecule has 2 N–H and O–H groups in total. The lowest BCUT2D eigenvalue weighted by molar-refractivity contribution is 0.311. The first-order chi connectivity index (χ1) is 10.4. The topological polar surface area (TPSA) is 94.2 Å². The molecular weight excluding hydrogens is 304 g/mol. The number of nitrogens with zero attached hydrogens (tertiary/aromatic N) is 4. The van der Waals surface area contributed by atoms with E-state index in [1.54, 1.807) is 0 Å². The summed E-state index contributed by atoms with van der Waals surface area (Å²) < 4.78 is 27.5. The van der Waals surface area contributed by atoms with E-state index in [-0.39, 0.29) is 12.1 Å². The summed E-state index contributed by atoms with van der Waals surface area (Å²) >= 11 is 0. The van der Waals surface area contributed by atoms with Crippen LogP contribution in [0.5, 0.6) is 0 Å². The molecule has 0 bridgehead atoms. The zero-order valence-corrected chi connectivity index (χ0v) is 13.6. The predicted molar refractivity (Wildman–Crippen MR) is 84.8 cm³/mol. The lowest BCUT2D eigenvalue weighted by Crippen LogP contribution is -2.55. The summed E-state index contributed by atoms with van der Waals surface area (Å²) in [5.74, 6) is 0.866. The van der Waals surface area contributed by atoms with E-state index in [0.29, 0.717) is 0 Å². The maximum atomic E-state index is 11.8. The number of H-pyrrole nitrogens is 1. The molecule has 2 aromatic heterocycles. The third-order valence-electron chi connectivity index (χ3n) is 4.12. The third-order valence-corrected chi connectivity index (χ3v) is 5.72. The van der Waals surface area contributed by atoms with Crippen molar-refractivity contribution in [2.45, 2.75) is 24.9 Å². The van der Waals surface area contributed by atoms with Crippen LogP contribution in [0.3, 0.4) is 0 Å². The quantitative estimate of drug-likeness (QED) is 0.826. The van der Waals surface area contributed by atoms with Crippen LogP contribution in [-0.2, 0) is 10.2 Å². The van der Waals surface area contributed by atoms with Gasteiger partial charge in [-0.15, -0.1) is 0 Å². The highest BCUT2D eigenvalue weighted by Crippen LogP contribution is 2.31. The molecule has 1 saturated carbocycles. The van der Waals surface area contributed by atoms with Gasteiger partial charge in [-0.3, -0.25) is 0 Å². The van der Waals surface area contributed by atoms with Gasteiger partial charge in [0.25, 0.3) is 10.2 Å². The largest absolute Gasteiger partial charge is 0.356 e. The van der Waals surface area contributed by atoms with Crippen LogP contribution in [0, 0.1) is 0 Å². The fourth-order valence-electron chi connectivity index (χ4n) is 2.63. The van der Waals surface area contributed by atoms with Crippen LogP contribution < -0.4 is 9.62 Å². The van der Waals surface area contributed by atoms with Crippen molar-refractivity contribution in [1.82, 2.24) is 24.0 Å². The molecule has 22 heavy (non-hydrogen) atoms. The molecule has 3 rings (SSSR count). The van der Waals surface area contributed by atoms with E-state index in [0.717, 1.165) is 29.7 Å². The monoisotopic (exact) mass is 324 g/mol. The van der Waals surface area contributed by atoms with E-state index >= 15 is 0 Å². The van der Waals surface area contributed by atoms with Crippen molar-refractivity contribution in [1.29, 1.82) is 0 Å². The number of nitrogens with one attached hydrogen (secondary N) is 2. The highest BCUT2D eigenvalue weighted by Gasteiger charge is 2.36. The van der Waals surface area contributed by atoms with E-state index in [1.807, 2.05) is 19.3 Å². The number of rotatable bonds is 5. The minimum Gasteiger partial charge on any atom is -0.356 e. The molecule has 0 radical (unpaired) electrons. The molecule has 0 unspecified atom stereocenters. The molecule has 1 aliphatic carbocycles.